The van der Waals surface area contributed by atoms with Crippen LogP contribution < -0.4 is 0 Å². The number of aliphatic carboxylic acids is 1. The number of ketones is 1. The normalized spacial score (nSPS) is 10.3. The van der Waals surface area contributed by atoms with Crippen molar-refractivity contribution >= 4 is 17.7 Å². The maximum Gasteiger partial charge on any atom is 0.372 e. The Morgan fingerprint density at radius 1 is 1.09 bits per heavy atom. The fourth-order valence-electron chi connectivity index (χ4n) is 1.96. The highest BCUT2D eigenvalue weighted by Gasteiger charge is 2.22. The summed E-state index contributed by atoms with van der Waals surface area (Å²) in [5.41, 5.74) is 0.647. The van der Waals surface area contributed by atoms with E-state index in [2.05, 4.69) is 0 Å². The van der Waals surface area contributed by atoms with Gasteiger partial charge in [-0.2, -0.15) is 0 Å². The van der Waals surface area contributed by atoms with Gasteiger partial charge in [0.2, 0.25) is 11.7 Å². The molecule has 0 unspecified atom stereocenters. The first-order chi connectivity index (χ1) is 11.0. The lowest BCUT2D eigenvalue weighted by Crippen LogP contribution is -2.33. The number of carbonyl (C=O) groups excluding carboxylic acids is 2. The van der Waals surface area contributed by atoms with Crippen LogP contribution in [0.2, 0.25) is 0 Å². The molecule has 2 rings (SSSR count). The SMILES string of the molecule is O=C(O)C(=O)CC(=O)N(Cc1ccc(F)cc1)Cc1ccco1. The van der Waals surface area contributed by atoms with Crippen molar-refractivity contribution in [2.24, 2.45) is 0 Å². The van der Waals surface area contributed by atoms with E-state index in [0.29, 0.717) is 11.3 Å². The molecule has 120 valence electrons. The second kappa shape index (κ2) is 7.35. The van der Waals surface area contributed by atoms with Gasteiger partial charge in [-0.3, -0.25) is 9.59 Å². The van der Waals surface area contributed by atoms with E-state index in [1.165, 1.54) is 35.4 Å². The average Bonchev–Trinajstić information content (AvgIpc) is 3.01. The Morgan fingerprint density at radius 2 is 1.78 bits per heavy atom. The molecule has 0 aliphatic heterocycles. The highest BCUT2D eigenvalue weighted by molar-refractivity contribution is 6.36. The Kier molecular flexibility index (Phi) is 5.24. The minimum atomic E-state index is -1.65. The van der Waals surface area contributed by atoms with Gasteiger partial charge in [0.25, 0.3) is 0 Å². The summed E-state index contributed by atoms with van der Waals surface area (Å²) in [6.45, 7) is 0.183. The summed E-state index contributed by atoms with van der Waals surface area (Å²) in [6, 6.07) is 8.84. The molecule has 7 heteroatoms. The summed E-state index contributed by atoms with van der Waals surface area (Å²) in [7, 11) is 0. The molecule has 0 radical (unpaired) electrons. The van der Waals surface area contributed by atoms with Crippen LogP contribution in [0.25, 0.3) is 0 Å². The Bertz CT molecular complexity index is 694. The first-order valence-electron chi connectivity index (χ1n) is 6.76. The summed E-state index contributed by atoms with van der Waals surface area (Å²) >= 11 is 0. The Morgan fingerprint density at radius 3 is 2.35 bits per heavy atom. The van der Waals surface area contributed by atoms with Crippen molar-refractivity contribution in [3.8, 4) is 0 Å². The van der Waals surface area contributed by atoms with E-state index in [9.17, 15) is 18.8 Å². The van der Waals surface area contributed by atoms with E-state index in [1.54, 1.807) is 12.1 Å². The summed E-state index contributed by atoms with van der Waals surface area (Å²) in [4.78, 5) is 35.3. The largest absolute Gasteiger partial charge is 0.475 e. The van der Waals surface area contributed by atoms with Crippen LogP contribution in [-0.2, 0) is 27.5 Å². The molecule has 2 aromatic rings. The van der Waals surface area contributed by atoms with Gasteiger partial charge in [0.1, 0.15) is 11.6 Å². The summed E-state index contributed by atoms with van der Waals surface area (Å²) < 4.78 is 18.1. The third-order valence-corrected chi connectivity index (χ3v) is 3.12. The van der Waals surface area contributed by atoms with Gasteiger partial charge < -0.3 is 14.4 Å². The second-order valence-electron chi connectivity index (χ2n) is 4.86. The lowest BCUT2D eigenvalue weighted by molar-refractivity contribution is -0.151. The molecule has 0 aliphatic rings. The van der Waals surface area contributed by atoms with Gasteiger partial charge in [0.05, 0.1) is 19.2 Å². The van der Waals surface area contributed by atoms with Crippen LogP contribution in [0, 0.1) is 5.82 Å². The van der Waals surface area contributed by atoms with Gasteiger partial charge in [0.15, 0.2) is 0 Å². The van der Waals surface area contributed by atoms with Crippen LogP contribution in [-0.4, -0.2) is 27.7 Å². The number of benzene rings is 1. The second-order valence-corrected chi connectivity index (χ2v) is 4.86. The molecule has 1 aromatic carbocycles. The van der Waals surface area contributed by atoms with Crippen molar-refractivity contribution in [3.63, 3.8) is 0 Å². The maximum atomic E-state index is 12.9. The van der Waals surface area contributed by atoms with Crippen LogP contribution in [0.1, 0.15) is 17.7 Å². The molecule has 1 amide bonds. The quantitative estimate of drug-likeness (QED) is 0.623. The molecule has 0 bridgehead atoms. The number of nitrogens with zero attached hydrogens (tertiary/aromatic N) is 1. The number of amides is 1. The zero-order valence-corrected chi connectivity index (χ0v) is 12.1. The monoisotopic (exact) mass is 319 g/mol. The molecule has 0 atom stereocenters. The minimum absolute atomic E-state index is 0.0795. The van der Waals surface area contributed by atoms with Crippen LogP contribution in [0.15, 0.2) is 47.1 Å². The van der Waals surface area contributed by atoms with E-state index < -0.39 is 29.9 Å². The molecular weight excluding hydrogens is 305 g/mol. The van der Waals surface area contributed by atoms with E-state index in [1.807, 2.05) is 0 Å². The topological polar surface area (TPSA) is 87.8 Å². The van der Waals surface area contributed by atoms with Crippen molar-refractivity contribution in [3.05, 3.63) is 59.8 Å². The van der Waals surface area contributed by atoms with Crippen LogP contribution in [0.5, 0.6) is 0 Å². The van der Waals surface area contributed by atoms with Crippen LogP contribution in [0.4, 0.5) is 4.39 Å². The van der Waals surface area contributed by atoms with Gasteiger partial charge in [0, 0.05) is 6.54 Å². The van der Waals surface area contributed by atoms with Crippen LogP contribution >= 0.6 is 0 Å². The van der Waals surface area contributed by atoms with Gasteiger partial charge in [-0.15, -0.1) is 0 Å². The summed E-state index contributed by atoms with van der Waals surface area (Å²) in [5, 5.41) is 8.61. The van der Waals surface area contributed by atoms with E-state index >= 15 is 0 Å². The van der Waals surface area contributed by atoms with Crippen molar-refractivity contribution < 1.29 is 28.3 Å². The van der Waals surface area contributed by atoms with Crippen molar-refractivity contribution in [1.82, 2.24) is 4.90 Å². The number of carboxylic acids is 1. The standard InChI is InChI=1S/C16H14FNO5/c17-12-5-3-11(4-6-12)9-18(10-13-2-1-7-23-13)15(20)8-14(19)16(21)22/h1-7H,8-10H2,(H,21,22). The molecule has 1 N–H and O–H groups in total. The molecular formula is C16H14FNO5. The highest BCUT2D eigenvalue weighted by Crippen LogP contribution is 2.13. The molecule has 0 aliphatic carbocycles. The zero-order chi connectivity index (χ0) is 16.8. The lowest BCUT2D eigenvalue weighted by atomic mass is 10.2. The number of hydrogen-bond donors (Lipinski definition) is 1. The molecule has 0 fully saturated rings. The fraction of sp³-hybridized carbons (Fsp3) is 0.188. The van der Waals surface area contributed by atoms with E-state index in [-0.39, 0.29) is 13.1 Å². The number of hydrogen-bond acceptors (Lipinski definition) is 4. The number of Topliss-reactive ketones (excluding diaryl/α,β-unsaturated/α-hetero) is 1. The molecule has 1 aromatic heterocycles. The van der Waals surface area contributed by atoms with E-state index in [4.69, 9.17) is 9.52 Å². The highest BCUT2D eigenvalue weighted by atomic mass is 19.1. The molecule has 0 saturated carbocycles. The Balaban J connectivity index is 2.13. The van der Waals surface area contributed by atoms with Gasteiger partial charge in [-0.05, 0) is 29.8 Å². The summed E-state index contributed by atoms with van der Waals surface area (Å²) in [5.74, 6) is -3.39. The smallest absolute Gasteiger partial charge is 0.372 e. The van der Waals surface area contributed by atoms with Crippen molar-refractivity contribution in [2.75, 3.05) is 0 Å². The Labute approximate surface area is 131 Å². The minimum Gasteiger partial charge on any atom is -0.475 e. The first-order valence-corrected chi connectivity index (χ1v) is 6.76. The number of carboxylic acid groups (broad SMARTS) is 1. The number of rotatable bonds is 7. The van der Waals surface area contributed by atoms with Gasteiger partial charge >= 0.3 is 5.97 Å². The van der Waals surface area contributed by atoms with Gasteiger partial charge in [-0.1, -0.05) is 12.1 Å². The number of halogens is 1. The molecule has 23 heavy (non-hydrogen) atoms. The van der Waals surface area contributed by atoms with Crippen molar-refractivity contribution in [1.29, 1.82) is 0 Å². The predicted octanol–water partition coefficient (Wildman–Crippen LogP) is 1.99. The van der Waals surface area contributed by atoms with Crippen LogP contribution in [0.3, 0.4) is 0 Å². The molecule has 0 spiro atoms. The summed E-state index contributed by atoms with van der Waals surface area (Å²) in [6.07, 6.45) is 0.704. The number of carbonyl (C=O) groups is 3. The maximum absolute atomic E-state index is 12.9. The lowest BCUT2D eigenvalue weighted by Gasteiger charge is -2.21. The van der Waals surface area contributed by atoms with Crippen molar-refractivity contribution in [2.45, 2.75) is 19.5 Å². The third-order valence-electron chi connectivity index (χ3n) is 3.12. The Hall–Kier alpha value is -2.96. The number of furan rings is 1. The third kappa shape index (κ3) is 4.77. The molecule has 0 saturated heterocycles. The molecule has 6 nitrogen and oxygen atoms in total. The zero-order valence-electron chi connectivity index (χ0n) is 12.1. The molecule has 1 heterocycles. The first kappa shape index (κ1) is 16.4. The predicted molar refractivity (Wildman–Crippen MR) is 76.6 cm³/mol. The average molecular weight is 319 g/mol. The van der Waals surface area contributed by atoms with Gasteiger partial charge in [-0.25, -0.2) is 9.18 Å². The van der Waals surface area contributed by atoms with E-state index in [0.717, 1.165) is 0 Å². The fourth-order valence-corrected chi connectivity index (χ4v) is 1.96.